The zero-order valence-electron chi connectivity index (χ0n) is 16.6. The zero-order valence-corrected chi connectivity index (χ0v) is 19.3. The van der Waals surface area contributed by atoms with Gasteiger partial charge in [0.1, 0.15) is 0 Å². The minimum absolute atomic E-state index is 0.311. The lowest BCUT2D eigenvalue weighted by molar-refractivity contribution is -0.0842. The molecule has 1 saturated heterocycles. The fourth-order valence-electron chi connectivity index (χ4n) is 2.84. The molecule has 6 atom stereocenters. The van der Waals surface area contributed by atoms with Crippen molar-refractivity contribution < 1.29 is 61.1 Å². The van der Waals surface area contributed by atoms with Gasteiger partial charge in [0.05, 0.1) is 12.7 Å². The Morgan fingerprint density at radius 1 is 1.28 bits per heavy atom. The minimum Gasteiger partial charge on any atom is -0.373 e. The van der Waals surface area contributed by atoms with Gasteiger partial charge in [-0.25, -0.2) is 18.5 Å². The Hall–Kier alpha value is -1.36. The first-order valence-electron chi connectivity index (χ1n) is 8.52. The molecule has 0 aromatic carbocycles. The van der Waals surface area contributed by atoms with Crippen LogP contribution in [0.15, 0.2) is 24.0 Å². The summed E-state index contributed by atoms with van der Waals surface area (Å²) in [4.78, 5) is 49.1. The molecular weight excluding hydrogens is 497 g/mol. The third kappa shape index (κ3) is 6.15. The molecule has 0 bridgehead atoms. The van der Waals surface area contributed by atoms with Gasteiger partial charge in [-0.3, -0.25) is 9.42 Å². The van der Waals surface area contributed by atoms with E-state index in [1.54, 1.807) is 6.92 Å². The second kappa shape index (κ2) is 9.12. The smallest absolute Gasteiger partial charge is 0.373 e. The molecule has 0 aromatic rings. The number of aliphatic hydroxyl groups is 1. The highest BCUT2D eigenvalue weighted by Gasteiger charge is 2.57. The molecule has 15 nitrogen and oxygen atoms in total. The summed E-state index contributed by atoms with van der Waals surface area (Å²) in [5.74, 6) is 1.12. The van der Waals surface area contributed by atoms with Gasteiger partial charge < -0.3 is 34.7 Å². The summed E-state index contributed by atoms with van der Waals surface area (Å²) in [6.07, 6.45) is 4.07. The molecule has 0 saturated carbocycles. The maximum absolute atomic E-state index is 12.3. The van der Waals surface area contributed by atoms with Crippen molar-refractivity contribution in [1.82, 2.24) is 10.2 Å². The number of terminal acetylenes is 1. The number of urea groups is 1. The number of rotatable bonds is 8. The Balaban J connectivity index is 2.17. The van der Waals surface area contributed by atoms with Crippen molar-refractivity contribution in [2.45, 2.75) is 31.8 Å². The molecule has 2 rings (SSSR count). The molecule has 0 spiro atoms. The van der Waals surface area contributed by atoms with E-state index < -0.39 is 60.0 Å². The van der Waals surface area contributed by atoms with Crippen LogP contribution in [0.4, 0.5) is 4.79 Å². The lowest BCUT2D eigenvalue weighted by atomic mass is 9.86. The Kier molecular flexibility index (Phi) is 7.66. The molecule has 0 aromatic heterocycles. The van der Waals surface area contributed by atoms with Gasteiger partial charge in [0.2, 0.25) is 0 Å². The highest BCUT2D eigenvalue weighted by atomic mass is 31.3. The van der Waals surface area contributed by atoms with E-state index in [0.717, 1.165) is 4.90 Å². The van der Waals surface area contributed by atoms with E-state index in [1.807, 2.05) is 0 Å². The zero-order chi connectivity index (χ0) is 24.7. The van der Waals surface area contributed by atoms with Crippen molar-refractivity contribution in [2.24, 2.45) is 5.92 Å². The Morgan fingerprint density at radius 3 is 2.41 bits per heavy atom. The third-order valence-corrected chi connectivity index (χ3v) is 8.34. The largest absolute Gasteiger partial charge is 0.490 e. The molecule has 3 unspecified atom stereocenters. The second-order valence-electron chi connectivity index (χ2n) is 6.80. The van der Waals surface area contributed by atoms with E-state index in [1.165, 1.54) is 13.1 Å². The van der Waals surface area contributed by atoms with Crippen LogP contribution in [0.5, 0.6) is 0 Å². The van der Waals surface area contributed by atoms with Crippen molar-refractivity contribution in [3.8, 4) is 12.3 Å². The number of nitrogens with zero attached hydrogens (tertiary/aromatic N) is 1. The average Bonchev–Trinajstić information content (AvgIpc) is 2.85. The molecule has 18 heteroatoms. The maximum Gasteiger partial charge on any atom is 0.490 e. The Bertz CT molecular complexity index is 1020. The van der Waals surface area contributed by atoms with Crippen LogP contribution < -0.4 is 5.32 Å². The van der Waals surface area contributed by atoms with E-state index in [0.29, 0.717) is 11.3 Å². The normalized spacial score (nSPS) is 32.5. The number of hydrogen-bond acceptors (Lipinski definition) is 9. The summed E-state index contributed by atoms with van der Waals surface area (Å²) in [6, 6.07) is -0.722. The monoisotopic (exact) mass is 518 g/mol. The number of hydrogen-bond donors (Lipinski definition) is 6. The molecular formula is C14H21N2O13P3. The van der Waals surface area contributed by atoms with Crippen LogP contribution >= 0.6 is 23.5 Å². The number of phosphoric acid groups is 3. The van der Waals surface area contributed by atoms with Crippen LogP contribution in [-0.2, 0) is 31.6 Å². The first-order valence-corrected chi connectivity index (χ1v) is 13.0. The average molecular weight is 518 g/mol. The first kappa shape index (κ1) is 26.9. The molecule has 6 N–H and O–H groups in total. The number of amides is 2. The Labute approximate surface area is 182 Å². The lowest BCUT2D eigenvalue weighted by Crippen LogP contribution is -2.55. The van der Waals surface area contributed by atoms with Crippen LogP contribution in [0.25, 0.3) is 0 Å². The third-order valence-electron chi connectivity index (χ3n) is 4.53. The molecule has 2 amide bonds. The van der Waals surface area contributed by atoms with Gasteiger partial charge in [0.25, 0.3) is 0 Å². The van der Waals surface area contributed by atoms with Crippen LogP contribution in [-0.4, -0.2) is 60.2 Å². The second-order valence-corrected chi connectivity index (χ2v) is 11.2. The number of nitrogens with one attached hydrogen (secondary N) is 1. The predicted molar refractivity (Wildman–Crippen MR) is 105 cm³/mol. The number of carbonyl (C=O) groups excluding carboxylic acids is 1. The first-order chi connectivity index (χ1) is 14.4. The summed E-state index contributed by atoms with van der Waals surface area (Å²) in [6.45, 7) is 5.80. The quantitative estimate of drug-likeness (QED) is 0.191. The summed E-state index contributed by atoms with van der Waals surface area (Å²) in [7, 11) is -16.7. The molecule has 2 heterocycles. The van der Waals surface area contributed by atoms with E-state index >= 15 is 0 Å². The van der Waals surface area contributed by atoms with Crippen LogP contribution in [0.1, 0.15) is 13.8 Å². The van der Waals surface area contributed by atoms with Crippen molar-refractivity contribution in [3.63, 3.8) is 0 Å². The van der Waals surface area contributed by atoms with Gasteiger partial charge in [0.15, 0.2) is 11.8 Å². The topological polar surface area (TPSA) is 222 Å². The van der Waals surface area contributed by atoms with Crippen LogP contribution in [0, 0.1) is 18.3 Å². The Morgan fingerprint density at radius 2 is 1.88 bits per heavy atom. The van der Waals surface area contributed by atoms with Crippen molar-refractivity contribution in [3.05, 3.63) is 24.0 Å². The molecule has 2 aliphatic rings. The molecule has 180 valence electrons. The molecule has 0 aliphatic carbocycles. The van der Waals surface area contributed by atoms with Crippen molar-refractivity contribution in [1.29, 1.82) is 0 Å². The fourth-order valence-corrected chi connectivity index (χ4v) is 5.87. The van der Waals surface area contributed by atoms with E-state index in [2.05, 4.69) is 31.0 Å². The standard InChI is InChI=1S/C14H21N2O13P3/c1-5-14(18)9(3)11(27-12(14)16-6-8(2)10(4)15-13(16)17)7-26-31(22,23)29-32(24,25)28-30(19,20)21/h1,6,9,11-12,18H,4,7H2,2-3H3,(H,15,17)(H,22,23)(H,24,25)(H2,19,20,21)/t9-,11+,12+,14?/m0/s1. The lowest BCUT2D eigenvalue weighted by Gasteiger charge is -2.36. The van der Waals surface area contributed by atoms with Gasteiger partial charge in [-0.1, -0.05) is 19.4 Å². The van der Waals surface area contributed by atoms with Gasteiger partial charge in [0, 0.05) is 17.8 Å². The summed E-state index contributed by atoms with van der Waals surface area (Å²) in [5, 5.41) is 13.4. The predicted octanol–water partition coefficient (Wildman–Crippen LogP) is 0.498. The van der Waals surface area contributed by atoms with Gasteiger partial charge >= 0.3 is 29.5 Å². The molecule has 0 radical (unpaired) electrons. The minimum atomic E-state index is -5.70. The van der Waals surface area contributed by atoms with E-state index in [9.17, 15) is 33.4 Å². The molecule has 32 heavy (non-hydrogen) atoms. The van der Waals surface area contributed by atoms with E-state index in [-0.39, 0.29) is 0 Å². The van der Waals surface area contributed by atoms with Gasteiger partial charge in [-0.2, -0.15) is 8.62 Å². The number of carbonyl (C=O) groups is 1. The fraction of sp³-hybridized carbons (Fsp3) is 0.500. The SMILES string of the molecule is C#CC1(O)[C@@H](C)[C@@H](COP(=O)(O)OP(=O)(O)OP(=O)(O)O)O[C@H]1N1C=C(C)C(=C)NC1=O. The van der Waals surface area contributed by atoms with Gasteiger partial charge in [-0.15, -0.1) is 6.42 Å². The summed E-state index contributed by atoms with van der Waals surface area (Å²) < 4.78 is 51.3. The number of phosphoric ester groups is 1. The van der Waals surface area contributed by atoms with Crippen LogP contribution in [0.3, 0.4) is 0 Å². The van der Waals surface area contributed by atoms with Gasteiger partial charge in [-0.05, 0) is 12.5 Å². The van der Waals surface area contributed by atoms with Crippen molar-refractivity contribution in [2.75, 3.05) is 6.61 Å². The maximum atomic E-state index is 12.3. The molecule has 2 aliphatic heterocycles. The summed E-state index contributed by atoms with van der Waals surface area (Å²) >= 11 is 0. The number of ether oxygens (including phenoxy) is 1. The highest BCUT2D eigenvalue weighted by molar-refractivity contribution is 7.66. The van der Waals surface area contributed by atoms with E-state index in [4.69, 9.17) is 20.9 Å². The number of allylic oxidation sites excluding steroid dienone is 1. The highest BCUT2D eigenvalue weighted by Crippen LogP contribution is 2.66. The summed E-state index contributed by atoms with van der Waals surface area (Å²) in [5.41, 5.74) is -1.25. The van der Waals surface area contributed by atoms with Crippen LogP contribution in [0.2, 0.25) is 0 Å². The molecule has 1 fully saturated rings. The van der Waals surface area contributed by atoms with Crippen molar-refractivity contribution >= 4 is 29.5 Å².